The van der Waals surface area contributed by atoms with Crippen molar-refractivity contribution >= 4 is 33.2 Å². The molecule has 1 saturated heterocycles. The largest absolute Gasteiger partial charge is 0.495 e. The van der Waals surface area contributed by atoms with Crippen molar-refractivity contribution < 1.29 is 22.7 Å². The summed E-state index contributed by atoms with van der Waals surface area (Å²) in [4.78, 5) is 25.4. The summed E-state index contributed by atoms with van der Waals surface area (Å²) in [5.41, 5.74) is 2.41. The van der Waals surface area contributed by atoms with Crippen LogP contribution in [0.1, 0.15) is 37.3 Å². The molecule has 0 radical (unpaired) electrons. The van der Waals surface area contributed by atoms with E-state index in [0.717, 1.165) is 16.0 Å². The number of aryl methyl sites for hydroxylation is 2. The average Bonchev–Trinajstić information content (AvgIpc) is 2.69. The van der Waals surface area contributed by atoms with Gasteiger partial charge in [-0.15, -0.1) is 0 Å². The lowest BCUT2D eigenvalue weighted by Crippen LogP contribution is -2.40. The average molecular weight is 416 g/mol. The van der Waals surface area contributed by atoms with Crippen LogP contribution in [-0.4, -0.2) is 27.3 Å². The lowest BCUT2D eigenvalue weighted by Gasteiger charge is -2.25. The van der Waals surface area contributed by atoms with Crippen LogP contribution >= 0.6 is 0 Å². The molecule has 3 rings (SSSR count). The Hall–Kier alpha value is -2.87. The van der Waals surface area contributed by atoms with E-state index in [1.54, 1.807) is 0 Å². The Morgan fingerprint density at radius 2 is 1.79 bits per heavy atom. The number of carbonyl (C=O) groups is 2. The van der Waals surface area contributed by atoms with E-state index >= 15 is 0 Å². The first-order valence-corrected chi connectivity index (χ1v) is 10.9. The number of para-hydroxylation sites is 1. The zero-order valence-electron chi connectivity index (χ0n) is 16.7. The van der Waals surface area contributed by atoms with Gasteiger partial charge in [-0.1, -0.05) is 25.1 Å². The van der Waals surface area contributed by atoms with Crippen molar-refractivity contribution in [1.82, 2.24) is 0 Å². The predicted molar refractivity (Wildman–Crippen MR) is 111 cm³/mol. The second-order valence-electron chi connectivity index (χ2n) is 6.88. The summed E-state index contributed by atoms with van der Waals surface area (Å²) < 4.78 is 34.3. The number of anilines is 2. The molecule has 0 saturated carbocycles. The Kier molecular flexibility index (Phi) is 5.93. The lowest BCUT2D eigenvalue weighted by molar-refractivity contribution is -0.129. The maximum absolute atomic E-state index is 13.2. The number of ether oxygens (including phenoxy) is 1. The molecule has 0 spiro atoms. The Morgan fingerprint density at radius 1 is 1.10 bits per heavy atom. The van der Waals surface area contributed by atoms with Crippen LogP contribution in [0.3, 0.4) is 0 Å². The highest BCUT2D eigenvalue weighted by Crippen LogP contribution is 2.33. The molecule has 0 atom stereocenters. The number of piperidine rings is 1. The van der Waals surface area contributed by atoms with Crippen molar-refractivity contribution in [3.8, 4) is 5.75 Å². The summed E-state index contributed by atoms with van der Waals surface area (Å²) in [5, 5.41) is 0. The smallest absolute Gasteiger partial charge is 0.265 e. The molecule has 0 aliphatic carbocycles. The number of sulfonamides is 1. The summed E-state index contributed by atoms with van der Waals surface area (Å²) in [7, 11) is -2.66. The van der Waals surface area contributed by atoms with Gasteiger partial charge >= 0.3 is 0 Å². The molecular formula is C21H24N2O5S. The minimum absolute atomic E-state index is 0.129. The molecule has 1 aliphatic rings. The van der Waals surface area contributed by atoms with Gasteiger partial charge in [-0.05, 0) is 49.1 Å². The number of rotatable bonds is 6. The van der Waals surface area contributed by atoms with Crippen LogP contribution in [0, 0.1) is 6.92 Å². The van der Waals surface area contributed by atoms with E-state index in [0.29, 0.717) is 18.5 Å². The molecule has 1 aliphatic heterocycles. The summed E-state index contributed by atoms with van der Waals surface area (Å²) in [6, 6.07) is 9.86. The van der Waals surface area contributed by atoms with Crippen molar-refractivity contribution in [3.63, 3.8) is 0 Å². The highest BCUT2D eigenvalue weighted by Gasteiger charge is 2.30. The highest BCUT2D eigenvalue weighted by atomic mass is 32.2. The molecule has 1 fully saturated rings. The maximum Gasteiger partial charge on any atom is 0.265 e. The molecule has 2 aromatic rings. The molecule has 29 heavy (non-hydrogen) atoms. The third-order valence-corrected chi connectivity index (χ3v) is 6.32. The van der Waals surface area contributed by atoms with Gasteiger partial charge in [-0.3, -0.25) is 19.2 Å². The maximum atomic E-state index is 13.2. The van der Waals surface area contributed by atoms with E-state index < -0.39 is 10.0 Å². The number of amides is 2. The van der Waals surface area contributed by atoms with Gasteiger partial charge in [-0.2, -0.15) is 0 Å². The predicted octanol–water partition coefficient (Wildman–Crippen LogP) is 3.41. The van der Waals surface area contributed by atoms with Crippen LogP contribution in [-0.2, 0) is 26.0 Å². The van der Waals surface area contributed by atoms with Gasteiger partial charge < -0.3 is 4.74 Å². The Labute approximate surface area is 170 Å². The minimum Gasteiger partial charge on any atom is -0.495 e. The number of hydrogen-bond donors (Lipinski definition) is 1. The molecule has 0 bridgehead atoms. The van der Waals surface area contributed by atoms with Gasteiger partial charge in [0.05, 0.1) is 18.5 Å². The molecule has 1 N–H and O–H groups in total. The van der Waals surface area contributed by atoms with Crippen molar-refractivity contribution in [3.05, 3.63) is 47.5 Å². The van der Waals surface area contributed by atoms with Crippen LogP contribution in [0.5, 0.6) is 5.75 Å². The van der Waals surface area contributed by atoms with Crippen LogP contribution in [0.25, 0.3) is 0 Å². The van der Waals surface area contributed by atoms with Gasteiger partial charge in [0.25, 0.3) is 10.0 Å². The third kappa shape index (κ3) is 4.12. The number of nitrogens with one attached hydrogen (secondary N) is 1. The van der Waals surface area contributed by atoms with E-state index in [1.165, 1.54) is 25.3 Å². The van der Waals surface area contributed by atoms with E-state index in [4.69, 9.17) is 4.74 Å². The second-order valence-corrected chi connectivity index (χ2v) is 8.53. The van der Waals surface area contributed by atoms with E-state index in [2.05, 4.69) is 4.72 Å². The topological polar surface area (TPSA) is 92.8 Å². The monoisotopic (exact) mass is 416 g/mol. The van der Waals surface area contributed by atoms with Crippen molar-refractivity contribution in [2.45, 2.75) is 44.4 Å². The number of nitrogens with zero attached hydrogens (tertiary/aromatic N) is 1. The molecule has 1 heterocycles. The summed E-state index contributed by atoms with van der Waals surface area (Å²) in [6.07, 6.45) is 1.67. The van der Waals surface area contributed by atoms with Gasteiger partial charge in [0.15, 0.2) is 0 Å². The molecule has 8 heteroatoms. The first kappa shape index (κ1) is 20.9. The highest BCUT2D eigenvalue weighted by molar-refractivity contribution is 7.92. The van der Waals surface area contributed by atoms with Crippen LogP contribution in [0.4, 0.5) is 11.4 Å². The van der Waals surface area contributed by atoms with E-state index in [1.807, 2.05) is 32.0 Å². The standard InChI is InChI=1S/C21H24N2O5S/c1-4-15-8-5-7-14(2)21(15)22-29(26,27)18-13-16(11-12-17(18)28-3)23-19(24)9-6-10-20(23)25/h5,7-8,11-13,22H,4,6,9-10H2,1-3H3. The van der Waals surface area contributed by atoms with Gasteiger partial charge in [0.1, 0.15) is 10.6 Å². The first-order valence-electron chi connectivity index (χ1n) is 9.43. The fourth-order valence-corrected chi connectivity index (χ4v) is 4.78. The number of imide groups is 1. The van der Waals surface area contributed by atoms with Crippen molar-refractivity contribution in [2.24, 2.45) is 0 Å². The van der Waals surface area contributed by atoms with Crippen LogP contribution < -0.4 is 14.4 Å². The Morgan fingerprint density at radius 3 is 2.41 bits per heavy atom. The zero-order valence-corrected chi connectivity index (χ0v) is 17.5. The molecule has 0 aromatic heterocycles. The molecule has 0 unspecified atom stereocenters. The molecule has 7 nitrogen and oxygen atoms in total. The number of methoxy groups -OCH3 is 1. The Bertz CT molecular complexity index is 1050. The summed E-state index contributed by atoms with van der Waals surface area (Å²) >= 11 is 0. The summed E-state index contributed by atoms with van der Waals surface area (Å²) in [5.74, 6) is -0.547. The molecular weight excluding hydrogens is 392 g/mol. The van der Waals surface area contributed by atoms with Crippen molar-refractivity contribution in [2.75, 3.05) is 16.7 Å². The molecule has 2 amide bonds. The number of carbonyl (C=O) groups excluding carboxylic acids is 2. The normalized spacial score (nSPS) is 14.8. The quantitative estimate of drug-likeness (QED) is 0.729. The first-order chi connectivity index (χ1) is 13.8. The van der Waals surface area contributed by atoms with Gasteiger partial charge in [0, 0.05) is 12.8 Å². The van der Waals surface area contributed by atoms with Crippen molar-refractivity contribution in [1.29, 1.82) is 0 Å². The number of hydrogen-bond acceptors (Lipinski definition) is 5. The molecule has 154 valence electrons. The fraction of sp³-hybridized carbons (Fsp3) is 0.333. The zero-order chi connectivity index (χ0) is 21.2. The Balaban J connectivity index is 2.07. The van der Waals surface area contributed by atoms with Crippen LogP contribution in [0.15, 0.2) is 41.3 Å². The summed E-state index contributed by atoms with van der Waals surface area (Å²) in [6.45, 7) is 3.77. The fourth-order valence-electron chi connectivity index (χ4n) is 3.41. The van der Waals surface area contributed by atoms with E-state index in [-0.39, 0.29) is 41.0 Å². The van der Waals surface area contributed by atoms with Gasteiger partial charge in [-0.25, -0.2) is 8.42 Å². The molecule has 2 aromatic carbocycles. The van der Waals surface area contributed by atoms with Gasteiger partial charge in [0.2, 0.25) is 11.8 Å². The SMILES string of the molecule is CCc1cccc(C)c1NS(=O)(=O)c1cc(N2C(=O)CCCC2=O)ccc1OC. The lowest BCUT2D eigenvalue weighted by atomic mass is 10.1. The number of benzene rings is 2. The van der Waals surface area contributed by atoms with Crippen LogP contribution in [0.2, 0.25) is 0 Å². The van der Waals surface area contributed by atoms with E-state index in [9.17, 15) is 18.0 Å². The third-order valence-electron chi connectivity index (χ3n) is 4.95. The second kappa shape index (κ2) is 8.24. The minimum atomic E-state index is -4.03.